The Hall–Kier alpha value is -7.11. The summed E-state index contributed by atoms with van der Waals surface area (Å²) in [5.74, 6) is 1.93. The molecule has 0 aliphatic heterocycles. The second-order valence-corrected chi connectivity index (χ2v) is 13.2. The first-order valence-electron chi connectivity index (χ1n) is 17.6. The molecule has 11 rings (SSSR count). The summed E-state index contributed by atoms with van der Waals surface area (Å²) in [5.41, 5.74) is 9.78. The van der Waals surface area contributed by atoms with Crippen LogP contribution in [-0.2, 0) is 0 Å². The highest BCUT2D eigenvalue weighted by Gasteiger charge is 2.21. The Bertz CT molecular complexity index is 3100. The molecule has 0 spiro atoms. The number of hydrogen-bond donors (Lipinski definition) is 0. The Morgan fingerprint density at radius 1 is 0.346 bits per heavy atom. The summed E-state index contributed by atoms with van der Waals surface area (Å²) in [5, 5.41) is 7.14. The van der Waals surface area contributed by atoms with E-state index in [2.05, 4.69) is 124 Å². The molecule has 0 saturated carbocycles. The molecule has 0 amide bonds. The van der Waals surface area contributed by atoms with Crippen LogP contribution in [0.2, 0.25) is 0 Å². The first-order chi connectivity index (χ1) is 25.8. The van der Waals surface area contributed by atoms with Crippen molar-refractivity contribution in [1.82, 2.24) is 23.9 Å². The summed E-state index contributed by atoms with van der Waals surface area (Å²) >= 11 is 0. The van der Waals surface area contributed by atoms with E-state index in [-0.39, 0.29) is 0 Å². The molecule has 0 unspecified atom stereocenters. The second-order valence-electron chi connectivity index (χ2n) is 13.2. The molecule has 0 aliphatic rings. The van der Waals surface area contributed by atoms with Crippen LogP contribution in [0.25, 0.3) is 99.8 Å². The van der Waals surface area contributed by atoms with Gasteiger partial charge in [-0.05, 0) is 47.2 Å². The second kappa shape index (κ2) is 11.2. The van der Waals surface area contributed by atoms with E-state index < -0.39 is 0 Å². The Kier molecular flexibility index (Phi) is 6.18. The van der Waals surface area contributed by atoms with Crippen molar-refractivity contribution in [3.63, 3.8) is 0 Å². The van der Waals surface area contributed by atoms with Crippen molar-refractivity contribution in [3.05, 3.63) is 176 Å². The van der Waals surface area contributed by atoms with Gasteiger partial charge in [0.05, 0.1) is 33.3 Å². The van der Waals surface area contributed by atoms with Crippen molar-refractivity contribution in [3.8, 4) is 39.9 Å². The molecule has 3 aromatic heterocycles. The largest absolute Gasteiger partial charge is 0.307 e. The molecule has 242 valence electrons. The molecule has 0 saturated heterocycles. The van der Waals surface area contributed by atoms with Crippen LogP contribution in [0.1, 0.15) is 0 Å². The summed E-state index contributed by atoms with van der Waals surface area (Å²) in [6.45, 7) is 0. The third-order valence-electron chi connectivity index (χ3n) is 10.3. The number of benzene rings is 8. The zero-order valence-electron chi connectivity index (χ0n) is 28.0. The van der Waals surface area contributed by atoms with Crippen LogP contribution < -0.4 is 0 Å². The standard InChI is InChI=1S/C47H29N5/c1-3-14-31(15-4-1)45-48-46(32-16-5-2-6-17-32)50-47(49-45)37-28-29-39(34-20-8-7-19-33(34)37)51-40-23-11-12-24-41(40)52-38-22-10-9-21-35(38)36-27-26-30-18-13-25-42(51)43(30)44(36)52/h1-29H. The first-order valence-corrected chi connectivity index (χ1v) is 17.6. The molecule has 0 fully saturated rings. The third-order valence-corrected chi connectivity index (χ3v) is 10.3. The zero-order chi connectivity index (χ0) is 34.2. The maximum absolute atomic E-state index is 5.11. The van der Waals surface area contributed by atoms with Gasteiger partial charge >= 0.3 is 0 Å². The fourth-order valence-corrected chi connectivity index (χ4v) is 8.08. The smallest absolute Gasteiger partial charge is 0.164 e. The van der Waals surface area contributed by atoms with E-state index in [0.29, 0.717) is 17.5 Å². The monoisotopic (exact) mass is 663 g/mol. The van der Waals surface area contributed by atoms with Gasteiger partial charge in [0.2, 0.25) is 0 Å². The van der Waals surface area contributed by atoms with E-state index in [9.17, 15) is 0 Å². The van der Waals surface area contributed by atoms with Crippen molar-refractivity contribution in [2.75, 3.05) is 0 Å². The van der Waals surface area contributed by atoms with Crippen LogP contribution >= 0.6 is 0 Å². The van der Waals surface area contributed by atoms with Gasteiger partial charge in [-0.1, -0.05) is 140 Å². The molecule has 5 nitrogen and oxygen atoms in total. The summed E-state index contributed by atoms with van der Waals surface area (Å²) < 4.78 is 4.91. The lowest BCUT2D eigenvalue weighted by Crippen LogP contribution is -2.02. The van der Waals surface area contributed by atoms with Crippen molar-refractivity contribution >= 4 is 59.9 Å². The van der Waals surface area contributed by atoms with Crippen molar-refractivity contribution in [2.24, 2.45) is 0 Å². The van der Waals surface area contributed by atoms with Crippen LogP contribution in [0, 0.1) is 0 Å². The van der Waals surface area contributed by atoms with Gasteiger partial charge in [0.1, 0.15) is 0 Å². The number of rotatable bonds is 4. The number of para-hydroxylation sites is 3. The van der Waals surface area contributed by atoms with Crippen LogP contribution in [0.3, 0.4) is 0 Å². The van der Waals surface area contributed by atoms with E-state index in [1.54, 1.807) is 0 Å². The minimum absolute atomic E-state index is 0.640. The van der Waals surface area contributed by atoms with Gasteiger partial charge in [-0.15, -0.1) is 0 Å². The maximum atomic E-state index is 5.11. The van der Waals surface area contributed by atoms with Crippen LogP contribution in [0.5, 0.6) is 0 Å². The predicted octanol–water partition coefficient (Wildman–Crippen LogP) is 11.7. The summed E-state index contributed by atoms with van der Waals surface area (Å²) in [7, 11) is 0. The van der Waals surface area contributed by atoms with E-state index in [4.69, 9.17) is 15.0 Å². The molecular formula is C47H29N5. The normalized spacial score (nSPS) is 11.8. The lowest BCUT2D eigenvalue weighted by atomic mass is 10.0. The molecule has 0 radical (unpaired) electrons. The zero-order valence-corrected chi connectivity index (χ0v) is 28.0. The lowest BCUT2D eigenvalue weighted by Gasteiger charge is -2.17. The minimum Gasteiger partial charge on any atom is -0.307 e. The Morgan fingerprint density at radius 3 is 1.65 bits per heavy atom. The van der Waals surface area contributed by atoms with Crippen LogP contribution in [0.4, 0.5) is 0 Å². The van der Waals surface area contributed by atoms with Gasteiger partial charge in [0, 0.05) is 38.2 Å². The Balaban J connectivity index is 1.25. The number of aromatic nitrogens is 5. The SMILES string of the molecule is c1ccc(-c2nc(-c3ccccc3)nc(-c3ccc(-n4c5cccc6ccc7c8ccccc8n(c8ccccc84)c7c65)c4ccccc34)n2)cc1. The fourth-order valence-electron chi connectivity index (χ4n) is 8.08. The van der Waals surface area contributed by atoms with Crippen LogP contribution in [0.15, 0.2) is 176 Å². The summed E-state index contributed by atoms with van der Waals surface area (Å²) in [6.07, 6.45) is 0. The highest BCUT2D eigenvalue weighted by atomic mass is 15.0. The average Bonchev–Trinajstić information content (AvgIpc) is 3.49. The van der Waals surface area contributed by atoms with Crippen molar-refractivity contribution < 1.29 is 0 Å². The molecule has 0 atom stereocenters. The third kappa shape index (κ3) is 4.20. The Labute approximate surface area is 298 Å². The predicted molar refractivity (Wildman–Crippen MR) is 214 cm³/mol. The molecule has 5 heteroatoms. The number of fused-ring (bicyclic) bond motifs is 6. The highest BCUT2D eigenvalue weighted by molar-refractivity contribution is 6.23. The van der Waals surface area contributed by atoms with Gasteiger partial charge in [-0.25, -0.2) is 15.0 Å². The molecule has 52 heavy (non-hydrogen) atoms. The van der Waals surface area contributed by atoms with E-state index in [0.717, 1.165) is 49.7 Å². The molecule has 0 N–H and O–H groups in total. The molecule has 0 bridgehead atoms. The van der Waals surface area contributed by atoms with Gasteiger partial charge in [0.15, 0.2) is 17.5 Å². The number of hydrogen-bond acceptors (Lipinski definition) is 3. The van der Waals surface area contributed by atoms with E-state index >= 15 is 0 Å². The van der Waals surface area contributed by atoms with Crippen molar-refractivity contribution in [2.45, 2.75) is 0 Å². The minimum atomic E-state index is 0.640. The fraction of sp³-hybridized carbons (Fsp3) is 0. The number of nitrogens with zero attached hydrogens (tertiary/aromatic N) is 5. The van der Waals surface area contributed by atoms with Gasteiger partial charge < -0.3 is 8.97 Å². The van der Waals surface area contributed by atoms with Crippen LogP contribution in [-0.4, -0.2) is 23.9 Å². The molecule has 0 aliphatic carbocycles. The first kappa shape index (κ1) is 28.7. The molecule has 8 aromatic carbocycles. The molecule has 11 aromatic rings. The van der Waals surface area contributed by atoms with E-state index in [1.807, 2.05) is 60.7 Å². The maximum Gasteiger partial charge on any atom is 0.164 e. The van der Waals surface area contributed by atoms with Gasteiger partial charge in [-0.3, -0.25) is 0 Å². The quantitative estimate of drug-likeness (QED) is 0.188. The Morgan fingerprint density at radius 2 is 0.923 bits per heavy atom. The van der Waals surface area contributed by atoms with E-state index in [1.165, 1.54) is 32.6 Å². The summed E-state index contributed by atoms with van der Waals surface area (Å²) in [6, 6.07) is 62.1. The van der Waals surface area contributed by atoms with Gasteiger partial charge in [-0.2, -0.15) is 0 Å². The topological polar surface area (TPSA) is 48.0 Å². The lowest BCUT2D eigenvalue weighted by molar-refractivity contribution is 1.08. The molecular weight excluding hydrogens is 635 g/mol. The summed E-state index contributed by atoms with van der Waals surface area (Å²) in [4.78, 5) is 15.2. The molecule has 3 heterocycles. The highest BCUT2D eigenvalue weighted by Crippen LogP contribution is 2.41. The van der Waals surface area contributed by atoms with Crippen molar-refractivity contribution in [1.29, 1.82) is 0 Å². The average molecular weight is 664 g/mol. The van der Waals surface area contributed by atoms with Gasteiger partial charge in [0.25, 0.3) is 0 Å².